The highest BCUT2D eigenvalue weighted by atomic mass is 19.1. The van der Waals surface area contributed by atoms with E-state index in [0.717, 1.165) is 11.6 Å². The SMILES string of the molecule is CC1=C(CC(=O)O)c2cc(F)cc(F)c2/C1=C/c1ccc(Oc2ccc(F)cc2)cc1. The van der Waals surface area contributed by atoms with E-state index in [1.54, 1.807) is 37.3 Å². The van der Waals surface area contributed by atoms with Gasteiger partial charge in [0.2, 0.25) is 0 Å². The lowest BCUT2D eigenvalue weighted by Crippen LogP contribution is -1.98. The van der Waals surface area contributed by atoms with Gasteiger partial charge < -0.3 is 9.84 Å². The number of aliphatic carboxylic acids is 1. The summed E-state index contributed by atoms with van der Waals surface area (Å²) in [7, 11) is 0. The number of carbonyl (C=O) groups is 1. The third kappa shape index (κ3) is 4.23. The summed E-state index contributed by atoms with van der Waals surface area (Å²) < 4.78 is 47.1. The Kier molecular flexibility index (Phi) is 5.38. The van der Waals surface area contributed by atoms with Crippen LogP contribution in [-0.2, 0) is 4.79 Å². The minimum Gasteiger partial charge on any atom is -0.481 e. The third-order valence-electron chi connectivity index (χ3n) is 5.07. The fraction of sp³-hybridized carbons (Fsp3) is 0.0800. The monoisotopic (exact) mass is 422 g/mol. The molecule has 31 heavy (non-hydrogen) atoms. The van der Waals surface area contributed by atoms with Crippen molar-refractivity contribution in [1.29, 1.82) is 0 Å². The normalized spacial score (nSPS) is 14.1. The molecular formula is C25H17F3O3. The first kappa shape index (κ1) is 20.5. The first-order chi connectivity index (χ1) is 14.8. The van der Waals surface area contributed by atoms with Gasteiger partial charge in [-0.1, -0.05) is 12.1 Å². The molecule has 3 aromatic rings. The summed E-state index contributed by atoms with van der Waals surface area (Å²) in [4.78, 5) is 11.3. The van der Waals surface area contributed by atoms with Crippen LogP contribution < -0.4 is 4.74 Å². The lowest BCUT2D eigenvalue weighted by Gasteiger charge is -2.08. The molecule has 6 heteroatoms. The first-order valence-corrected chi connectivity index (χ1v) is 9.48. The van der Waals surface area contributed by atoms with Gasteiger partial charge in [0.05, 0.1) is 6.42 Å². The van der Waals surface area contributed by atoms with Gasteiger partial charge in [-0.25, -0.2) is 13.2 Å². The van der Waals surface area contributed by atoms with Crippen LogP contribution in [0.4, 0.5) is 13.2 Å². The maximum atomic E-state index is 14.6. The van der Waals surface area contributed by atoms with E-state index in [-0.39, 0.29) is 23.4 Å². The molecule has 0 saturated carbocycles. The minimum absolute atomic E-state index is 0.196. The molecule has 156 valence electrons. The summed E-state index contributed by atoms with van der Waals surface area (Å²) in [5.41, 5.74) is 2.68. The van der Waals surface area contributed by atoms with E-state index in [9.17, 15) is 23.1 Å². The van der Waals surface area contributed by atoms with Crippen LogP contribution in [0.3, 0.4) is 0 Å². The number of rotatable bonds is 5. The lowest BCUT2D eigenvalue weighted by atomic mass is 10.00. The lowest BCUT2D eigenvalue weighted by molar-refractivity contribution is -0.135. The molecule has 4 rings (SSSR count). The summed E-state index contributed by atoms with van der Waals surface area (Å²) >= 11 is 0. The highest BCUT2D eigenvalue weighted by Gasteiger charge is 2.28. The molecule has 1 aliphatic carbocycles. The topological polar surface area (TPSA) is 46.5 Å². The number of benzene rings is 3. The number of hydrogen-bond acceptors (Lipinski definition) is 2. The van der Waals surface area contributed by atoms with Crippen molar-refractivity contribution in [2.75, 3.05) is 0 Å². The molecule has 0 amide bonds. The van der Waals surface area contributed by atoms with Crippen LogP contribution in [0, 0.1) is 17.5 Å². The van der Waals surface area contributed by atoms with Gasteiger partial charge in [-0.2, -0.15) is 0 Å². The predicted octanol–water partition coefficient (Wildman–Crippen LogP) is 6.70. The Morgan fingerprint density at radius 3 is 2.16 bits per heavy atom. The van der Waals surface area contributed by atoms with Crippen LogP contribution >= 0.6 is 0 Å². The fourth-order valence-corrected chi connectivity index (χ4v) is 3.63. The van der Waals surface area contributed by atoms with Crippen molar-refractivity contribution in [3.8, 4) is 11.5 Å². The van der Waals surface area contributed by atoms with Gasteiger partial charge in [-0.3, -0.25) is 4.79 Å². The number of carboxylic acid groups (broad SMARTS) is 1. The summed E-state index contributed by atoms with van der Waals surface area (Å²) in [5.74, 6) is -1.91. The first-order valence-electron chi connectivity index (χ1n) is 9.48. The number of halogens is 3. The second-order valence-electron chi connectivity index (χ2n) is 7.17. The van der Waals surface area contributed by atoms with Crippen LogP contribution in [0.1, 0.15) is 30.0 Å². The van der Waals surface area contributed by atoms with E-state index in [4.69, 9.17) is 4.74 Å². The van der Waals surface area contributed by atoms with Crippen molar-refractivity contribution < 1.29 is 27.8 Å². The highest BCUT2D eigenvalue weighted by molar-refractivity contribution is 6.07. The van der Waals surface area contributed by atoms with Gasteiger partial charge in [-0.05, 0) is 83.3 Å². The Morgan fingerprint density at radius 1 is 0.935 bits per heavy atom. The molecular weight excluding hydrogens is 405 g/mol. The zero-order chi connectivity index (χ0) is 22.1. The summed E-state index contributed by atoms with van der Waals surface area (Å²) in [6.07, 6.45) is 1.40. The largest absolute Gasteiger partial charge is 0.481 e. The predicted molar refractivity (Wildman–Crippen MR) is 112 cm³/mol. The van der Waals surface area contributed by atoms with Gasteiger partial charge in [0.1, 0.15) is 29.0 Å². The Labute approximate surface area is 176 Å². The van der Waals surface area contributed by atoms with Crippen molar-refractivity contribution in [2.24, 2.45) is 0 Å². The van der Waals surface area contributed by atoms with Gasteiger partial charge in [0.25, 0.3) is 0 Å². The van der Waals surface area contributed by atoms with E-state index in [1.807, 2.05) is 0 Å². The van der Waals surface area contributed by atoms with Crippen LogP contribution in [0.5, 0.6) is 11.5 Å². The Hall–Kier alpha value is -3.80. The molecule has 0 heterocycles. The minimum atomic E-state index is -1.08. The molecule has 0 fully saturated rings. The number of hydrogen-bond donors (Lipinski definition) is 1. The molecule has 1 N–H and O–H groups in total. The number of fused-ring (bicyclic) bond motifs is 1. The summed E-state index contributed by atoms with van der Waals surface area (Å²) in [5, 5.41) is 9.22. The molecule has 0 radical (unpaired) electrons. The zero-order valence-corrected chi connectivity index (χ0v) is 16.5. The van der Waals surface area contributed by atoms with E-state index >= 15 is 0 Å². The quantitative estimate of drug-likeness (QED) is 0.498. The van der Waals surface area contributed by atoms with E-state index < -0.39 is 17.6 Å². The molecule has 0 bridgehead atoms. The molecule has 0 atom stereocenters. The molecule has 0 aliphatic heterocycles. The third-order valence-corrected chi connectivity index (χ3v) is 5.07. The Balaban J connectivity index is 1.68. The zero-order valence-electron chi connectivity index (χ0n) is 16.5. The van der Waals surface area contributed by atoms with E-state index in [2.05, 4.69) is 0 Å². The van der Waals surface area contributed by atoms with Gasteiger partial charge in [0.15, 0.2) is 0 Å². The maximum Gasteiger partial charge on any atom is 0.307 e. The van der Waals surface area contributed by atoms with Crippen molar-refractivity contribution in [3.05, 3.63) is 100 Å². The molecule has 3 nitrogen and oxygen atoms in total. The molecule has 3 aromatic carbocycles. The van der Waals surface area contributed by atoms with Crippen molar-refractivity contribution >= 4 is 23.2 Å². The molecule has 0 spiro atoms. The van der Waals surface area contributed by atoms with Crippen LogP contribution in [0.25, 0.3) is 17.2 Å². The average Bonchev–Trinajstić information content (AvgIpc) is 2.96. The van der Waals surface area contributed by atoms with Crippen LogP contribution in [-0.4, -0.2) is 11.1 Å². The standard InChI is InChI=1S/C25H17F3O3/c1-14-20(13-24(29)30)22-11-17(27)12-23(28)25(22)21(14)10-15-2-6-18(7-3-15)31-19-8-4-16(26)5-9-19/h2-12H,13H2,1H3,(H,29,30)/b21-10+. The van der Waals surface area contributed by atoms with E-state index in [0.29, 0.717) is 28.2 Å². The van der Waals surface area contributed by atoms with Crippen molar-refractivity contribution in [3.63, 3.8) is 0 Å². The average molecular weight is 422 g/mol. The van der Waals surface area contributed by atoms with Crippen molar-refractivity contribution in [1.82, 2.24) is 0 Å². The second kappa shape index (κ2) is 8.14. The van der Waals surface area contributed by atoms with Crippen molar-refractivity contribution in [2.45, 2.75) is 13.3 Å². The molecule has 0 unspecified atom stereocenters. The van der Waals surface area contributed by atoms with Gasteiger partial charge in [0, 0.05) is 11.6 Å². The van der Waals surface area contributed by atoms with Gasteiger partial charge >= 0.3 is 5.97 Å². The molecule has 0 aromatic heterocycles. The molecule has 0 saturated heterocycles. The van der Waals surface area contributed by atoms with Crippen LogP contribution in [0.15, 0.2) is 66.2 Å². The van der Waals surface area contributed by atoms with Gasteiger partial charge in [-0.15, -0.1) is 0 Å². The smallest absolute Gasteiger partial charge is 0.307 e. The van der Waals surface area contributed by atoms with E-state index in [1.165, 1.54) is 30.3 Å². The highest BCUT2D eigenvalue weighted by Crippen LogP contribution is 2.45. The number of ether oxygens (including phenoxy) is 1. The van der Waals surface area contributed by atoms with Crippen LogP contribution in [0.2, 0.25) is 0 Å². The Morgan fingerprint density at radius 2 is 1.55 bits per heavy atom. The fourth-order valence-electron chi connectivity index (χ4n) is 3.63. The number of carboxylic acids is 1. The summed E-state index contributed by atoms with van der Waals surface area (Å²) in [6, 6.07) is 14.5. The Bertz CT molecular complexity index is 1220. The maximum absolute atomic E-state index is 14.6. The summed E-state index contributed by atoms with van der Waals surface area (Å²) in [6.45, 7) is 1.70. The number of allylic oxidation sites excluding steroid dienone is 2. The second-order valence-corrected chi connectivity index (χ2v) is 7.17. The molecule has 1 aliphatic rings.